The Labute approximate surface area is 101 Å². The van der Waals surface area contributed by atoms with E-state index in [4.69, 9.17) is 5.73 Å². The van der Waals surface area contributed by atoms with Crippen molar-refractivity contribution >= 4 is 11.8 Å². The molecular formula is C13H16FNS. The molecule has 0 bridgehead atoms. The summed E-state index contributed by atoms with van der Waals surface area (Å²) in [5.74, 6) is 6.16. The van der Waals surface area contributed by atoms with Crippen molar-refractivity contribution in [3.63, 3.8) is 0 Å². The van der Waals surface area contributed by atoms with Gasteiger partial charge in [0.15, 0.2) is 0 Å². The summed E-state index contributed by atoms with van der Waals surface area (Å²) in [4.78, 5) is 0. The van der Waals surface area contributed by atoms with Crippen molar-refractivity contribution in [1.29, 1.82) is 0 Å². The fraction of sp³-hybridized carbons (Fsp3) is 0.385. The summed E-state index contributed by atoms with van der Waals surface area (Å²) in [7, 11) is 0. The summed E-state index contributed by atoms with van der Waals surface area (Å²) in [6, 6.07) is 4.91. The number of halogens is 1. The van der Waals surface area contributed by atoms with Crippen molar-refractivity contribution in [2.24, 2.45) is 5.73 Å². The standard InChI is InChI=1S/C13H16FNS/c1-10(2)16-9-12-6-11(4-3-5-15)7-13(14)8-12/h6-8,10H,5,9,15H2,1-2H3. The smallest absolute Gasteiger partial charge is 0.124 e. The van der Waals surface area contributed by atoms with Crippen LogP contribution in [0.4, 0.5) is 4.39 Å². The molecule has 0 aliphatic rings. The van der Waals surface area contributed by atoms with Crippen molar-refractivity contribution < 1.29 is 4.39 Å². The highest BCUT2D eigenvalue weighted by Gasteiger charge is 2.01. The second-order valence-corrected chi connectivity index (χ2v) is 5.28. The summed E-state index contributed by atoms with van der Waals surface area (Å²) in [5, 5.41) is 0.543. The summed E-state index contributed by atoms with van der Waals surface area (Å²) < 4.78 is 13.3. The zero-order valence-corrected chi connectivity index (χ0v) is 10.4. The van der Waals surface area contributed by atoms with E-state index in [9.17, 15) is 4.39 Å². The molecule has 0 saturated heterocycles. The molecule has 0 aliphatic carbocycles. The van der Waals surface area contributed by atoms with Crippen LogP contribution in [0.25, 0.3) is 0 Å². The molecule has 0 atom stereocenters. The van der Waals surface area contributed by atoms with E-state index in [1.807, 2.05) is 6.07 Å². The zero-order chi connectivity index (χ0) is 12.0. The van der Waals surface area contributed by atoms with Gasteiger partial charge in [0, 0.05) is 11.3 Å². The molecule has 0 spiro atoms. The second kappa shape index (κ2) is 6.57. The van der Waals surface area contributed by atoms with Crippen LogP contribution >= 0.6 is 11.8 Å². The number of nitrogens with two attached hydrogens (primary N) is 1. The molecule has 0 aromatic heterocycles. The zero-order valence-electron chi connectivity index (χ0n) is 9.59. The third kappa shape index (κ3) is 4.69. The van der Waals surface area contributed by atoms with Crippen LogP contribution in [0.15, 0.2) is 18.2 Å². The third-order valence-corrected chi connectivity index (χ3v) is 3.04. The molecule has 16 heavy (non-hydrogen) atoms. The molecule has 1 rings (SSSR count). The molecule has 0 saturated carbocycles. The number of thioether (sulfide) groups is 1. The van der Waals surface area contributed by atoms with E-state index < -0.39 is 0 Å². The number of rotatable bonds is 3. The normalized spacial score (nSPS) is 10.1. The fourth-order valence-corrected chi connectivity index (χ4v) is 1.91. The van der Waals surface area contributed by atoms with E-state index >= 15 is 0 Å². The Kier molecular flexibility index (Phi) is 5.37. The van der Waals surface area contributed by atoms with Gasteiger partial charge in [0.25, 0.3) is 0 Å². The third-order valence-electron chi connectivity index (χ3n) is 1.88. The fourth-order valence-electron chi connectivity index (χ4n) is 1.22. The highest BCUT2D eigenvalue weighted by molar-refractivity contribution is 7.99. The molecule has 2 N–H and O–H groups in total. The first-order chi connectivity index (χ1) is 7.61. The first kappa shape index (κ1) is 13.1. The molecule has 0 radical (unpaired) electrons. The van der Waals surface area contributed by atoms with Gasteiger partial charge >= 0.3 is 0 Å². The lowest BCUT2D eigenvalue weighted by molar-refractivity contribution is 0.626. The van der Waals surface area contributed by atoms with Gasteiger partial charge in [-0.15, -0.1) is 0 Å². The van der Waals surface area contributed by atoms with Crippen LogP contribution in [0.2, 0.25) is 0 Å². The minimum Gasteiger partial charge on any atom is -0.320 e. The monoisotopic (exact) mass is 237 g/mol. The summed E-state index contributed by atoms with van der Waals surface area (Å²) in [6.07, 6.45) is 0. The van der Waals surface area contributed by atoms with E-state index in [1.165, 1.54) is 6.07 Å². The van der Waals surface area contributed by atoms with Crippen LogP contribution in [0, 0.1) is 17.7 Å². The van der Waals surface area contributed by atoms with Gasteiger partial charge < -0.3 is 5.73 Å². The molecule has 0 fully saturated rings. The van der Waals surface area contributed by atoms with Gasteiger partial charge in [-0.3, -0.25) is 0 Å². The lowest BCUT2D eigenvalue weighted by atomic mass is 10.1. The maximum absolute atomic E-state index is 13.3. The van der Waals surface area contributed by atoms with Crippen molar-refractivity contribution in [1.82, 2.24) is 0 Å². The van der Waals surface area contributed by atoms with E-state index in [0.717, 1.165) is 11.3 Å². The Morgan fingerprint density at radius 3 is 2.75 bits per heavy atom. The van der Waals surface area contributed by atoms with Crippen LogP contribution in [-0.2, 0) is 5.75 Å². The van der Waals surface area contributed by atoms with Crippen molar-refractivity contribution in [2.45, 2.75) is 24.9 Å². The predicted octanol–water partition coefficient (Wildman–Crippen LogP) is 2.78. The molecule has 1 aromatic rings. The maximum Gasteiger partial charge on any atom is 0.124 e. The van der Waals surface area contributed by atoms with Gasteiger partial charge in [0.1, 0.15) is 5.82 Å². The van der Waals surface area contributed by atoms with Gasteiger partial charge in [0.05, 0.1) is 6.54 Å². The Hall–Kier alpha value is -0.980. The molecule has 1 aromatic carbocycles. The second-order valence-electron chi connectivity index (χ2n) is 3.71. The molecule has 1 nitrogen and oxygen atoms in total. The Balaban J connectivity index is 2.81. The lowest BCUT2D eigenvalue weighted by Gasteiger charge is -2.05. The van der Waals surface area contributed by atoms with E-state index in [1.54, 1.807) is 17.8 Å². The Morgan fingerprint density at radius 2 is 2.12 bits per heavy atom. The van der Waals surface area contributed by atoms with Crippen LogP contribution in [0.1, 0.15) is 25.0 Å². The SMILES string of the molecule is CC(C)SCc1cc(F)cc(C#CCN)c1. The highest BCUT2D eigenvalue weighted by atomic mass is 32.2. The van der Waals surface area contributed by atoms with Gasteiger partial charge in [-0.25, -0.2) is 4.39 Å². The van der Waals surface area contributed by atoms with Crippen molar-refractivity contribution in [3.05, 3.63) is 35.1 Å². The summed E-state index contributed by atoms with van der Waals surface area (Å²) >= 11 is 1.79. The largest absolute Gasteiger partial charge is 0.320 e. The van der Waals surface area contributed by atoms with E-state index in [2.05, 4.69) is 25.7 Å². The summed E-state index contributed by atoms with van der Waals surface area (Å²) in [5.41, 5.74) is 6.95. The quantitative estimate of drug-likeness (QED) is 0.818. The molecule has 0 aliphatic heterocycles. The van der Waals surface area contributed by atoms with Crippen LogP contribution in [0.3, 0.4) is 0 Å². The average molecular weight is 237 g/mol. The van der Waals surface area contributed by atoms with Crippen LogP contribution in [0.5, 0.6) is 0 Å². The molecule has 3 heteroatoms. The molecule has 0 amide bonds. The summed E-state index contributed by atoms with van der Waals surface area (Å²) in [6.45, 7) is 4.55. The first-order valence-electron chi connectivity index (χ1n) is 5.22. The molecule has 0 unspecified atom stereocenters. The Morgan fingerprint density at radius 1 is 1.38 bits per heavy atom. The number of hydrogen-bond donors (Lipinski definition) is 1. The minimum absolute atomic E-state index is 0.233. The highest BCUT2D eigenvalue weighted by Crippen LogP contribution is 2.18. The first-order valence-corrected chi connectivity index (χ1v) is 6.26. The lowest BCUT2D eigenvalue weighted by Crippen LogP contribution is -1.94. The van der Waals surface area contributed by atoms with Gasteiger partial charge in [-0.2, -0.15) is 11.8 Å². The number of hydrogen-bond acceptors (Lipinski definition) is 2. The molecule has 0 heterocycles. The topological polar surface area (TPSA) is 26.0 Å². The van der Waals surface area contributed by atoms with Crippen LogP contribution in [-0.4, -0.2) is 11.8 Å². The van der Waals surface area contributed by atoms with Gasteiger partial charge in [-0.1, -0.05) is 25.7 Å². The molecule has 86 valence electrons. The van der Waals surface area contributed by atoms with Crippen molar-refractivity contribution in [2.75, 3.05) is 6.54 Å². The minimum atomic E-state index is -0.233. The maximum atomic E-state index is 13.3. The van der Waals surface area contributed by atoms with E-state index in [-0.39, 0.29) is 5.82 Å². The Bertz CT molecular complexity index is 404. The molecular weight excluding hydrogens is 221 g/mol. The average Bonchev–Trinajstić information content (AvgIpc) is 2.23. The predicted molar refractivity (Wildman–Crippen MR) is 68.8 cm³/mol. The van der Waals surface area contributed by atoms with Crippen molar-refractivity contribution in [3.8, 4) is 11.8 Å². The van der Waals surface area contributed by atoms with Gasteiger partial charge in [0.2, 0.25) is 0 Å². The number of benzene rings is 1. The van der Waals surface area contributed by atoms with Gasteiger partial charge in [-0.05, 0) is 29.0 Å². The van der Waals surface area contributed by atoms with E-state index in [0.29, 0.717) is 17.4 Å². The van der Waals surface area contributed by atoms with Crippen LogP contribution < -0.4 is 5.73 Å².